The van der Waals surface area contributed by atoms with Gasteiger partial charge in [-0.1, -0.05) is 396 Å². The van der Waals surface area contributed by atoms with Gasteiger partial charge in [-0.2, -0.15) is 0 Å². The van der Waals surface area contributed by atoms with Gasteiger partial charge in [0.25, 0.3) is 0 Å². The van der Waals surface area contributed by atoms with E-state index in [9.17, 15) is 0 Å². The Bertz CT molecular complexity index is 8400. The van der Waals surface area contributed by atoms with E-state index < -0.39 is 0 Å². The summed E-state index contributed by atoms with van der Waals surface area (Å²) in [5.74, 6) is 0.722. The molecular formula is C121H80N4OS. The minimum Gasteiger partial charge on any atom is -0.455 e. The van der Waals surface area contributed by atoms with Gasteiger partial charge < -0.3 is 4.42 Å². The van der Waals surface area contributed by atoms with Crippen molar-refractivity contribution in [3.05, 3.63) is 460 Å². The van der Waals surface area contributed by atoms with E-state index in [2.05, 4.69) is 420 Å². The number of thiophene rings is 1. The summed E-state index contributed by atoms with van der Waals surface area (Å²) in [5.41, 5.74) is 34.2. The molecule has 127 heavy (non-hydrogen) atoms. The van der Waals surface area contributed by atoms with Gasteiger partial charge in [0.15, 0.2) is 5.82 Å². The number of aromatic nitrogens is 4. The van der Waals surface area contributed by atoms with Crippen LogP contribution in [-0.2, 0) is 5.41 Å². The summed E-state index contributed by atoms with van der Waals surface area (Å²) in [6.45, 7) is 4.77. The third-order valence-electron chi connectivity index (χ3n) is 25.4. The van der Waals surface area contributed by atoms with Crippen LogP contribution in [0.5, 0.6) is 0 Å². The Balaban J connectivity index is 0.000000110. The lowest BCUT2D eigenvalue weighted by molar-refractivity contribution is 0.666. The molecule has 19 aromatic carbocycles. The highest BCUT2D eigenvalue weighted by Crippen LogP contribution is 2.55. The second-order valence-corrected chi connectivity index (χ2v) is 34.5. The van der Waals surface area contributed by atoms with Crippen LogP contribution >= 0.6 is 11.3 Å². The Hall–Kier alpha value is -16.1. The number of furan rings is 1. The molecule has 0 N–H and O–H groups in total. The maximum Gasteiger partial charge on any atom is 0.160 e. The maximum atomic E-state index is 6.31. The molecule has 6 heteroatoms. The number of pyridine rings is 2. The van der Waals surface area contributed by atoms with E-state index in [1.54, 1.807) is 0 Å². The molecule has 0 amide bonds. The molecule has 1 aliphatic rings. The van der Waals surface area contributed by atoms with E-state index >= 15 is 0 Å². The van der Waals surface area contributed by atoms with Gasteiger partial charge in [0.1, 0.15) is 11.2 Å². The number of fused-ring (bicyclic) bond motifs is 16. The molecule has 0 unspecified atom stereocenters. The van der Waals surface area contributed by atoms with Crippen molar-refractivity contribution in [1.29, 1.82) is 0 Å². The minimum atomic E-state index is -0.0578. The first-order valence-corrected chi connectivity index (χ1v) is 44.2. The fraction of sp³-hybridized carbons (Fsp3) is 0.0248. The van der Waals surface area contributed by atoms with Gasteiger partial charge in [-0.25, -0.2) is 19.9 Å². The van der Waals surface area contributed by atoms with Crippen LogP contribution < -0.4 is 0 Å². The first-order valence-electron chi connectivity index (χ1n) is 43.4. The van der Waals surface area contributed by atoms with E-state index in [1.165, 1.54) is 130 Å². The average Bonchev–Trinajstić information content (AvgIpc) is 1.55. The van der Waals surface area contributed by atoms with E-state index in [0.29, 0.717) is 0 Å². The highest BCUT2D eigenvalue weighted by molar-refractivity contribution is 7.25. The number of nitrogens with zero attached hydrogens (tertiary/aromatic N) is 4. The normalized spacial score (nSPS) is 12.1. The fourth-order valence-corrected chi connectivity index (χ4v) is 20.3. The van der Waals surface area contributed by atoms with Crippen molar-refractivity contribution < 1.29 is 4.42 Å². The van der Waals surface area contributed by atoms with Crippen molar-refractivity contribution in [1.82, 2.24) is 19.9 Å². The predicted molar refractivity (Wildman–Crippen MR) is 536 cm³/mol. The zero-order valence-corrected chi connectivity index (χ0v) is 70.6. The lowest BCUT2D eigenvalue weighted by Crippen LogP contribution is -2.15. The third-order valence-corrected chi connectivity index (χ3v) is 26.6. The van der Waals surface area contributed by atoms with Gasteiger partial charge >= 0.3 is 0 Å². The first kappa shape index (κ1) is 75.8. The summed E-state index contributed by atoms with van der Waals surface area (Å²) < 4.78 is 9.00. The van der Waals surface area contributed by atoms with Crippen LogP contribution in [0.2, 0.25) is 0 Å². The standard InChI is InChI=1S/C46H31NS.C38H24N2O.C37H25N/c1-46(2)39-18-9-8-17-34(39)35-22-24-42-43(44(35)46)38-26-31(20-23-41(38)48-42)30-14-10-15-32(25-30)40-27-37(28-11-4-3-5-12-28)36-21-19-29-13-6-7-16-33(29)45(36)47-40;1-2-10-26(11-3-1)36-33-15-4-6-18-34(33)39-38(40-36)27-22-20-25(21-23-27)28-12-8-13-29(24-28)30-16-9-17-32-31-14-5-7-19-35(31)41-37(30)32;1-2-10-28(11-3-1)35-25-37(38-36-19-7-6-17-34(35)36)29-22-20-26(21-23-29)30-14-8-15-31(24-30)33-18-9-13-27-12-4-5-16-32(27)33/h3-27H,1-2H3;1-24H;1-25H. The zero-order valence-electron chi connectivity index (χ0n) is 69.8. The number of hydrogen-bond acceptors (Lipinski definition) is 6. The second kappa shape index (κ2) is 32.0. The quantitative estimate of drug-likeness (QED) is 0.121. The molecule has 0 atom stereocenters. The number of para-hydroxylation sites is 4. The number of benzene rings is 19. The number of hydrogen-bond donors (Lipinski definition) is 0. The molecule has 1 aliphatic carbocycles. The summed E-state index contributed by atoms with van der Waals surface area (Å²) in [4.78, 5) is 20.3. The lowest BCUT2D eigenvalue weighted by atomic mass is 9.80. The Kier molecular flexibility index (Phi) is 19.1. The Morgan fingerprint density at radius 1 is 0.236 bits per heavy atom. The molecule has 0 bridgehead atoms. The molecule has 0 radical (unpaired) electrons. The van der Waals surface area contributed by atoms with Gasteiger partial charge in [0.05, 0.1) is 33.6 Å². The summed E-state index contributed by atoms with van der Waals surface area (Å²) >= 11 is 1.90. The van der Waals surface area contributed by atoms with E-state index in [0.717, 1.165) is 111 Å². The Morgan fingerprint density at radius 3 is 1.42 bits per heavy atom. The van der Waals surface area contributed by atoms with Crippen LogP contribution in [0.3, 0.4) is 0 Å². The third kappa shape index (κ3) is 13.9. The first-order chi connectivity index (χ1) is 62.7. The summed E-state index contributed by atoms with van der Waals surface area (Å²) in [6, 6.07) is 160. The van der Waals surface area contributed by atoms with Crippen molar-refractivity contribution in [2.24, 2.45) is 0 Å². The van der Waals surface area contributed by atoms with Crippen LogP contribution in [0, 0.1) is 0 Å². The molecule has 25 rings (SSSR count). The van der Waals surface area contributed by atoms with Gasteiger partial charge in [-0.15, -0.1) is 11.3 Å². The van der Waals surface area contributed by atoms with E-state index in [4.69, 9.17) is 24.4 Å². The van der Waals surface area contributed by atoms with Gasteiger partial charge in [0, 0.05) is 85.7 Å². The molecule has 0 spiro atoms. The second-order valence-electron chi connectivity index (χ2n) is 33.4. The van der Waals surface area contributed by atoms with Crippen LogP contribution in [0.25, 0.3) is 231 Å². The van der Waals surface area contributed by atoms with Gasteiger partial charge in [-0.05, 0) is 177 Å². The molecule has 24 aromatic rings. The van der Waals surface area contributed by atoms with Gasteiger partial charge in [0.2, 0.25) is 0 Å². The van der Waals surface area contributed by atoms with Crippen molar-refractivity contribution in [2.45, 2.75) is 19.3 Å². The summed E-state index contributed by atoms with van der Waals surface area (Å²) in [7, 11) is 0. The van der Waals surface area contributed by atoms with Gasteiger partial charge in [-0.3, -0.25) is 0 Å². The predicted octanol–water partition coefficient (Wildman–Crippen LogP) is 33.3. The molecule has 5 nitrogen and oxygen atoms in total. The molecule has 596 valence electrons. The largest absolute Gasteiger partial charge is 0.455 e. The SMILES string of the molecule is CC1(C)c2ccccc2-c2ccc3sc4ccc(-c5cccc(-c6cc(-c7ccccc7)c7ccc8ccccc8c7n6)c5)cc4c3c21.c1ccc(-c2cc(-c3ccc(-c4cccc(-c5cccc6ccccc56)c4)cc3)nc3ccccc23)cc1.c1ccc(-c2nc(-c3ccc(-c4cccc(-c5cccc6c5oc5ccccc56)c4)cc3)nc3ccccc23)cc1. The topological polar surface area (TPSA) is 64.7 Å². The van der Waals surface area contributed by atoms with E-state index in [1.807, 2.05) is 53.8 Å². The molecule has 0 saturated carbocycles. The van der Waals surface area contributed by atoms with E-state index in [-0.39, 0.29) is 5.41 Å². The zero-order chi connectivity index (χ0) is 84.5. The maximum absolute atomic E-state index is 6.31. The van der Waals surface area contributed by atoms with Crippen molar-refractivity contribution in [3.63, 3.8) is 0 Å². The van der Waals surface area contributed by atoms with Crippen LogP contribution in [0.15, 0.2) is 453 Å². The monoisotopic (exact) mass is 1640 g/mol. The highest BCUT2D eigenvalue weighted by atomic mass is 32.1. The van der Waals surface area contributed by atoms with Crippen LogP contribution in [0.4, 0.5) is 0 Å². The highest BCUT2D eigenvalue weighted by Gasteiger charge is 2.38. The molecule has 0 fully saturated rings. The molecule has 5 aromatic heterocycles. The molecule has 0 saturated heterocycles. The minimum absolute atomic E-state index is 0.0578. The van der Waals surface area contributed by atoms with Crippen molar-refractivity contribution >= 4 is 108 Å². The van der Waals surface area contributed by atoms with Crippen LogP contribution in [0.1, 0.15) is 25.0 Å². The Morgan fingerprint density at radius 2 is 0.701 bits per heavy atom. The fourth-order valence-electron chi connectivity index (χ4n) is 19.2. The van der Waals surface area contributed by atoms with Crippen molar-refractivity contribution in [3.8, 4) is 134 Å². The summed E-state index contributed by atoms with van der Waals surface area (Å²) in [5, 5.41) is 13.3. The molecule has 0 aliphatic heterocycles. The van der Waals surface area contributed by atoms with Crippen LogP contribution in [-0.4, -0.2) is 19.9 Å². The molecular weight excluding hydrogens is 1560 g/mol. The molecule has 5 heterocycles. The Labute approximate surface area is 740 Å². The smallest absolute Gasteiger partial charge is 0.160 e. The lowest BCUT2D eigenvalue weighted by Gasteiger charge is -2.22. The van der Waals surface area contributed by atoms with Crippen molar-refractivity contribution in [2.75, 3.05) is 0 Å². The average molecular weight is 1640 g/mol. The number of rotatable bonds is 11. The summed E-state index contributed by atoms with van der Waals surface area (Å²) in [6.07, 6.45) is 0.